The first kappa shape index (κ1) is 29.4. The molecule has 0 aromatic heterocycles. The summed E-state index contributed by atoms with van der Waals surface area (Å²) in [6, 6.07) is 14.3. The molecule has 0 heterocycles. The highest BCUT2D eigenvalue weighted by molar-refractivity contribution is 7.92. The molecule has 0 saturated carbocycles. The van der Waals surface area contributed by atoms with Crippen LogP contribution in [0.1, 0.15) is 69.6 Å². The number of aryl methyl sites for hydroxylation is 1. The van der Waals surface area contributed by atoms with Crippen molar-refractivity contribution in [3.05, 3.63) is 65.2 Å². The average molecular weight is 516 g/mol. The number of hydrogen-bond acceptors (Lipinski definition) is 4. The SMILES string of the molecule is CCCCNC(=O)C(CC)N(Cc1cccc(C)c1)C(=O)CN(c1ccc(C(C)C)cc1)S(C)(=O)=O. The van der Waals surface area contributed by atoms with Crippen LogP contribution in [-0.4, -0.2) is 50.5 Å². The Morgan fingerprint density at radius 2 is 1.69 bits per heavy atom. The van der Waals surface area contributed by atoms with E-state index in [1.165, 1.54) is 4.90 Å². The van der Waals surface area contributed by atoms with Crippen molar-refractivity contribution >= 4 is 27.5 Å². The quantitative estimate of drug-likeness (QED) is 0.395. The maximum atomic E-state index is 13.7. The van der Waals surface area contributed by atoms with Gasteiger partial charge < -0.3 is 10.2 Å². The number of carbonyl (C=O) groups is 2. The molecule has 2 aromatic rings. The molecule has 0 spiro atoms. The van der Waals surface area contributed by atoms with Crippen LogP contribution >= 0.6 is 0 Å². The fourth-order valence-electron chi connectivity index (χ4n) is 4.07. The van der Waals surface area contributed by atoms with Gasteiger partial charge in [-0.3, -0.25) is 13.9 Å². The fraction of sp³-hybridized carbons (Fsp3) is 0.500. The molecule has 1 N–H and O–H groups in total. The summed E-state index contributed by atoms with van der Waals surface area (Å²) in [5.41, 5.74) is 3.43. The van der Waals surface area contributed by atoms with Crippen molar-refractivity contribution in [3.8, 4) is 0 Å². The molecule has 0 fully saturated rings. The van der Waals surface area contributed by atoms with Crippen molar-refractivity contribution < 1.29 is 18.0 Å². The molecule has 0 bridgehead atoms. The third-order valence-corrected chi connectivity index (χ3v) is 7.32. The molecule has 2 amide bonds. The molecule has 0 radical (unpaired) electrons. The van der Waals surface area contributed by atoms with E-state index in [9.17, 15) is 18.0 Å². The van der Waals surface area contributed by atoms with Gasteiger partial charge in [-0.1, -0.05) is 76.1 Å². The highest BCUT2D eigenvalue weighted by Gasteiger charge is 2.31. The number of nitrogens with zero attached hydrogens (tertiary/aromatic N) is 2. The molecule has 2 rings (SSSR count). The molecule has 7 nitrogen and oxygen atoms in total. The van der Waals surface area contributed by atoms with Crippen LogP contribution in [0.5, 0.6) is 0 Å². The minimum Gasteiger partial charge on any atom is -0.354 e. The van der Waals surface area contributed by atoms with Crippen molar-refractivity contribution in [1.29, 1.82) is 0 Å². The summed E-state index contributed by atoms with van der Waals surface area (Å²) >= 11 is 0. The number of unbranched alkanes of at least 4 members (excludes halogenated alkanes) is 1. The molecule has 2 aromatic carbocycles. The lowest BCUT2D eigenvalue weighted by molar-refractivity contribution is -0.140. The van der Waals surface area contributed by atoms with Crippen LogP contribution < -0.4 is 9.62 Å². The first-order valence-corrected chi connectivity index (χ1v) is 14.5. The van der Waals surface area contributed by atoms with E-state index < -0.39 is 22.0 Å². The second-order valence-electron chi connectivity index (χ2n) is 9.60. The van der Waals surface area contributed by atoms with Crippen LogP contribution in [0.15, 0.2) is 48.5 Å². The zero-order valence-corrected chi connectivity index (χ0v) is 23.3. The van der Waals surface area contributed by atoms with Crippen molar-refractivity contribution in [2.45, 2.75) is 72.4 Å². The number of rotatable bonds is 13. The molecule has 198 valence electrons. The molecule has 1 unspecified atom stereocenters. The molecule has 0 aliphatic carbocycles. The Balaban J connectivity index is 2.40. The summed E-state index contributed by atoms with van der Waals surface area (Å²) in [5.74, 6) is -0.347. The summed E-state index contributed by atoms with van der Waals surface area (Å²) in [4.78, 5) is 28.3. The number of nitrogens with one attached hydrogen (secondary N) is 1. The minimum atomic E-state index is -3.74. The van der Waals surface area contributed by atoms with E-state index in [4.69, 9.17) is 0 Å². The van der Waals surface area contributed by atoms with Gasteiger partial charge in [0, 0.05) is 13.1 Å². The predicted molar refractivity (Wildman–Crippen MR) is 146 cm³/mol. The lowest BCUT2D eigenvalue weighted by Gasteiger charge is -2.33. The zero-order chi connectivity index (χ0) is 26.9. The molecule has 8 heteroatoms. The topological polar surface area (TPSA) is 86.8 Å². The number of sulfonamides is 1. The Labute approximate surface area is 216 Å². The molecular formula is C28H41N3O4S. The summed E-state index contributed by atoms with van der Waals surface area (Å²) in [7, 11) is -3.74. The summed E-state index contributed by atoms with van der Waals surface area (Å²) in [5, 5.41) is 2.93. The van der Waals surface area contributed by atoms with Crippen LogP contribution in [0.4, 0.5) is 5.69 Å². The van der Waals surface area contributed by atoms with Gasteiger partial charge in [0.25, 0.3) is 0 Å². The maximum absolute atomic E-state index is 13.7. The summed E-state index contributed by atoms with van der Waals surface area (Å²) < 4.78 is 26.6. The number of hydrogen-bond donors (Lipinski definition) is 1. The van der Waals surface area contributed by atoms with Gasteiger partial charge in [0.05, 0.1) is 11.9 Å². The summed E-state index contributed by atoms with van der Waals surface area (Å²) in [6.45, 7) is 10.4. The minimum absolute atomic E-state index is 0.212. The van der Waals surface area contributed by atoms with E-state index >= 15 is 0 Å². The fourth-order valence-corrected chi connectivity index (χ4v) is 4.92. The van der Waals surface area contributed by atoms with Gasteiger partial charge in [-0.15, -0.1) is 0 Å². The highest BCUT2D eigenvalue weighted by atomic mass is 32.2. The van der Waals surface area contributed by atoms with Gasteiger partial charge in [-0.05, 0) is 48.9 Å². The van der Waals surface area contributed by atoms with Crippen LogP contribution in [0.25, 0.3) is 0 Å². The molecule has 1 atom stereocenters. The maximum Gasteiger partial charge on any atom is 0.244 e. The Kier molecular flexibility index (Phi) is 11.0. The van der Waals surface area contributed by atoms with E-state index in [1.54, 1.807) is 12.1 Å². The second-order valence-corrected chi connectivity index (χ2v) is 11.5. The van der Waals surface area contributed by atoms with Crippen molar-refractivity contribution in [2.75, 3.05) is 23.7 Å². The zero-order valence-electron chi connectivity index (χ0n) is 22.5. The van der Waals surface area contributed by atoms with Gasteiger partial charge in [0.2, 0.25) is 21.8 Å². The molecule has 0 saturated heterocycles. The molecule has 0 aliphatic heterocycles. The molecular weight excluding hydrogens is 474 g/mol. The molecule has 0 aliphatic rings. The van der Waals surface area contributed by atoms with Crippen molar-refractivity contribution in [1.82, 2.24) is 10.2 Å². The highest BCUT2D eigenvalue weighted by Crippen LogP contribution is 2.23. The second kappa shape index (κ2) is 13.4. The van der Waals surface area contributed by atoms with Gasteiger partial charge in [-0.25, -0.2) is 8.42 Å². The standard InChI is InChI=1S/C28H41N3O4S/c1-7-9-17-29-28(33)26(8-2)30(19-23-12-10-11-22(5)18-23)27(32)20-31(36(6,34)35)25-15-13-24(14-16-25)21(3)4/h10-16,18,21,26H,7-9,17,19-20H2,1-6H3,(H,29,33). The first-order chi connectivity index (χ1) is 17.0. The Hall–Kier alpha value is -2.87. The number of anilines is 1. The van der Waals surface area contributed by atoms with Gasteiger partial charge in [-0.2, -0.15) is 0 Å². The number of carbonyl (C=O) groups excluding carboxylic acids is 2. The van der Waals surface area contributed by atoms with Crippen LogP contribution in [0.3, 0.4) is 0 Å². The van der Waals surface area contributed by atoms with E-state index in [0.29, 0.717) is 24.6 Å². The number of benzene rings is 2. The summed E-state index contributed by atoms with van der Waals surface area (Å²) in [6.07, 6.45) is 3.30. The Morgan fingerprint density at radius 3 is 2.22 bits per heavy atom. The van der Waals surface area contributed by atoms with Gasteiger partial charge in [0.1, 0.15) is 12.6 Å². The monoisotopic (exact) mass is 515 g/mol. The van der Waals surface area contributed by atoms with Crippen molar-refractivity contribution in [3.63, 3.8) is 0 Å². The lowest BCUT2D eigenvalue weighted by Crippen LogP contribution is -2.52. The first-order valence-electron chi connectivity index (χ1n) is 12.7. The molecule has 36 heavy (non-hydrogen) atoms. The van der Waals surface area contributed by atoms with Crippen LogP contribution in [0.2, 0.25) is 0 Å². The Morgan fingerprint density at radius 1 is 1.03 bits per heavy atom. The lowest BCUT2D eigenvalue weighted by atomic mass is 10.0. The van der Waals surface area contributed by atoms with E-state index in [0.717, 1.165) is 40.1 Å². The third-order valence-electron chi connectivity index (χ3n) is 6.18. The van der Waals surface area contributed by atoms with Crippen LogP contribution in [0, 0.1) is 6.92 Å². The predicted octanol–water partition coefficient (Wildman–Crippen LogP) is 4.61. The van der Waals surface area contributed by atoms with E-state index in [-0.39, 0.29) is 19.0 Å². The smallest absolute Gasteiger partial charge is 0.244 e. The van der Waals surface area contributed by atoms with E-state index in [1.807, 2.05) is 57.2 Å². The average Bonchev–Trinajstić information content (AvgIpc) is 2.81. The normalized spacial score (nSPS) is 12.3. The van der Waals surface area contributed by atoms with Gasteiger partial charge >= 0.3 is 0 Å². The van der Waals surface area contributed by atoms with E-state index in [2.05, 4.69) is 19.2 Å². The van der Waals surface area contributed by atoms with Crippen molar-refractivity contribution in [2.24, 2.45) is 0 Å². The van der Waals surface area contributed by atoms with Crippen LogP contribution in [-0.2, 0) is 26.2 Å². The largest absolute Gasteiger partial charge is 0.354 e. The number of amides is 2. The van der Waals surface area contributed by atoms with Gasteiger partial charge in [0.15, 0.2) is 0 Å². The third kappa shape index (κ3) is 8.36. The Bertz CT molecular complexity index is 1110.